The van der Waals surface area contributed by atoms with Gasteiger partial charge in [0.05, 0.1) is 0 Å². The Morgan fingerprint density at radius 1 is 1.29 bits per heavy atom. The largest absolute Gasteiger partial charge is 0.477 e. The molecule has 0 saturated heterocycles. The van der Waals surface area contributed by atoms with Crippen LogP contribution in [0.2, 0.25) is 0 Å². The van der Waals surface area contributed by atoms with E-state index in [0.717, 1.165) is 4.47 Å². The van der Waals surface area contributed by atoms with Crippen LogP contribution in [-0.2, 0) is 0 Å². The Labute approximate surface area is 105 Å². The van der Waals surface area contributed by atoms with Gasteiger partial charge in [0, 0.05) is 21.8 Å². The fourth-order valence-corrected chi connectivity index (χ4v) is 1.76. The average Bonchev–Trinajstić information content (AvgIpc) is 2.32. The van der Waals surface area contributed by atoms with Crippen molar-refractivity contribution in [2.24, 2.45) is 0 Å². The van der Waals surface area contributed by atoms with Crippen molar-refractivity contribution in [3.05, 3.63) is 52.5 Å². The van der Waals surface area contributed by atoms with Crippen molar-refractivity contribution in [3.8, 4) is 11.1 Å². The van der Waals surface area contributed by atoms with Crippen molar-refractivity contribution in [3.63, 3.8) is 0 Å². The number of aromatic nitrogens is 1. The van der Waals surface area contributed by atoms with Crippen LogP contribution in [0, 0.1) is 5.82 Å². The summed E-state index contributed by atoms with van der Waals surface area (Å²) in [5.41, 5.74) is 0.849. The van der Waals surface area contributed by atoms with Crippen molar-refractivity contribution in [2.45, 2.75) is 0 Å². The van der Waals surface area contributed by atoms with E-state index < -0.39 is 5.97 Å². The summed E-state index contributed by atoms with van der Waals surface area (Å²) in [6, 6.07) is 7.43. The normalized spacial score (nSPS) is 10.2. The summed E-state index contributed by atoms with van der Waals surface area (Å²) in [5.74, 6) is -1.48. The quantitative estimate of drug-likeness (QED) is 0.924. The van der Waals surface area contributed by atoms with Gasteiger partial charge in [-0.15, -0.1) is 0 Å². The molecule has 0 aliphatic rings. The first-order valence-electron chi connectivity index (χ1n) is 4.72. The molecule has 0 amide bonds. The topological polar surface area (TPSA) is 50.2 Å². The fraction of sp³-hybridized carbons (Fsp3) is 0. The van der Waals surface area contributed by atoms with Gasteiger partial charge in [0.15, 0.2) is 0 Å². The molecular formula is C12H7BrFNO2. The number of benzene rings is 1. The van der Waals surface area contributed by atoms with E-state index >= 15 is 0 Å². The molecule has 1 aromatic heterocycles. The predicted octanol–water partition coefficient (Wildman–Crippen LogP) is 3.35. The number of pyridine rings is 1. The monoisotopic (exact) mass is 295 g/mol. The van der Waals surface area contributed by atoms with E-state index in [1.165, 1.54) is 24.4 Å². The molecule has 0 atom stereocenters. The second-order valence-electron chi connectivity index (χ2n) is 3.36. The zero-order valence-electron chi connectivity index (χ0n) is 8.52. The molecule has 0 spiro atoms. The minimum atomic E-state index is -1.11. The fourth-order valence-electron chi connectivity index (χ4n) is 1.40. The highest BCUT2D eigenvalue weighted by Gasteiger charge is 2.08. The predicted molar refractivity (Wildman–Crippen MR) is 64.3 cm³/mol. The van der Waals surface area contributed by atoms with Gasteiger partial charge in [0.25, 0.3) is 0 Å². The minimum absolute atomic E-state index is 0.0656. The van der Waals surface area contributed by atoms with Crippen molar-refractivity contribution in [1.29, 1.82) is 0 Å². The lowest BCUT2D eigenvalue weighted by Gasteiger charge is -2.04. The van der Waals surface area contributed by atoms with Crippen LogP contribution in [-0.4, -0.2) is 16.1 Å². The molecule has 0 saturated carbocycles. The molecule has 2 rings (SSSR count). The number of halogens is 2. The Balaban J connectivity index is 2.46. The highest BCUT2D eigenvalue weighted by molar-refractivity contribution is 9.10. The maximum Gasteiger partial charge on any atom is 0.354 e. The van der Waals surface area contributed by atoms with Gasteiger partial charge < -0.3 is 5.11 Å². The Bertz CT molecular complexity index is 569. The van der Waals surface area contributed by atoms with Gasteiger partial charge in [0.2, 0.25) is 0 Å². The van der Waals surface area contributed by atoms with Gasteiger partial charge >= 0.3 is 5.97 Å². The molecule has 86 valence electrons. The second kappa shape index (κ2) is 4.63. The lowest BCUT2D eigenvalue weighted by atomic mass is 10.1. The van der Waals surface area contributed by atoms with Crippen LogP contribution in [0.5, 0.6) is 0 Å². The third-order valence-corrected chi connectivity index (χ3v) is 2.72. The Hall–Kier alpha value is -1.75. The van der Waals surface area contributed by atoms with E-state index in [4.69, 9.17) is 5.11 Å². The first-order valence-corrected chi connectivity index (χ1v) is 5.52. The number of hydrogen-bond donors (Lipinski definition) is 1. The standard InChI is InChI=1S/C12H7BrFNO2/c13-8-2-3-10(14)9(5-8)7-1-4-11(12(16)17)15-6-7/h1-6H,(H,16,17). The lowest BCUT2D eigenvalue weighted by Crippen LogP contribution is -1.99. The molecule has 0 unspecified atom stereocenters. The van der Waals surface area contributed by atoms with Gasteiger partial charge in [-0.3, -0.25) is 0 Å². The van der Waals surface area contributed by atoms with Crippen molar-refractivity contribution in [1.82, 2.24) is 4.98 Å². The number of carboxylic acid groups (broad SMARTS) is 1. The molecule has 0 aliphatic carbocycles. The summed E-state index contributed by atoms with van der Waals surface area (Å²) in [7, 11) is 0. The number of hydrogen-bond acceptors (Lipinski definition) is 2. The molecule has 0 fully saturated rings. The molecule has 1 N–H and O–H groups in total. The van der Waals surface area contributed by atoms with Crippen LogP contribution in [0.4, 0.5) is 4.39 Å². The number of aromatic carboxylic acids is 1. The van der Waals surface area contributed by atoms with E-state index in [2.05, 4.69) is 20.9 Å². The summed E-state index contributed by atoms with van der Waals surface area (Å²) >= 11 is 3.25. The summed E-state index contributed by atoms with van der Waals surface area (Å²) in [5, 5.41) is 8.70. The average molecular weight is 296 g/mol. The minimum Gasteiger partial charge on any atom is -0.477 e. The zero-order chi connectivity index (χ0) is 12.4. The summed E-state index contributed by atoms with van der Waals surface area (Å²) in [6.45, 7) is 0. The molecule has 17 heavy (non-hydrogen) atoms. The van der Waals surface area contributed by atoms with Crippen LogP contribution in [0.1, 0.15) is 10.5 Å². The first kappa shape index (κ1) is 11.7. The summed E-state index contributed by atoms with van der Waals surface area (Å²) in [4.78, 5) is 14.4. The molecule has 1 aromatic carbocycles. The van der Waals surface area contributed by atoms with Crippen molar-refractivity contribution < 1.29 is 14.3 Å². The second-order valence-corrected chi connectivity index (χ2v) is 4.28. The third-order valence-electron chi connectivity index (χ3n) is 2.22. The molecule has 0 aliphatic heterocycles. The Morgan fingerprint density at radius 3 is 2.65 bits per heavy atom. The molecule has 2 aromatic rings. The van der Waals surface area contributed by atoms with E-state index in [9.17, 15) is 9.18 Å². The summed E-state index contributed by atoms with van der Waals surface area (Å²) < 4.78 is 14.3. The molecule has 0 radical (unpaired) electrons. The Morgan fingerprint density at radius 2 is 2.06 bits per heavy atom. The molecule has 3 nitrogen and oxygen atoms in total. The van der Waals surface area contributed by atoms with Gasteiger partial charge in [-0.05, 0) is 24.3 Å². The highest BCUT2D eigenvalue weighted by Crippen LogP contribution is 2.25. The van der Waals surface area contributed by atoms with Crippen LogP contribution < -0.4 is 0 Å². The van der Waals surface area contributed by atoms with E-state index in [0.29, 0.717) is 11.1 Å². The zero-order valence-corrected chi connectivity index (χ0v) is 10.1. The molecular weight excluding hydrogens is 289 g/mol. The summed E-state index contributed by atoms with van der Waals surface area (Å²) in [6.07, 6.45) is 1.34. The number of carboxylic acids is 1. The van der Waals surface area contributed by atoms with E-state index in [1.54, 1.807) is 12.1 Å². The molecule has 1 heterocycles. The van der Waals surface area contributed by atoms with Gasteiger partial charge in [0.1, 0.15) is 11.5 Å². The van der Waals surface area contributed by atoms with Gasteiger partial charge in [-0.1, -0.05) is 22.0 Å². The van der Waals surface area contributed by atoms with E-state index in [-0.39, 0.29) is 11.5 Å². The van der Waals surface area contributed by atoms with Gasteiger partial charge in [-0.2, -0.15) is 0 Å². The van der Waals surface area contributed by atoms with Crippen LogP contribution in [0.25, 0.3) is 11.1 Å². The highest BCUT2D eigenvalue weighted by atomic mass is 79.9. The number of rotatable bonds is 2. The number of carbonyl (C=O) groups is 1. The van der Waals surface area contributed by atoms with Crippen molar-refractivity contribution >= 4 is 21.9 Å². The molecule has 5 heteroatoms. The maximum absolute atomic E-state index is 13.5. The number of nitrogens with zero attached hydrogens (tertiary/aromatic N) is 1. The van der Waals surface area contributed by atoms with E-state index in [1.807, 2.05) is 0 Å². The first-order chi connectivity index (χ1) is 8.08. The SMILES string of the molecule is O=C(O)c1ccc(-c2cc(Br)ccc2F)cn1. The smallest absolute Gasteiger partial charge is 0.354 e. The van der Waals surface area contributed by atoms with Crippen molar-refractivity contribution in [2.75, 3.05) is 0 Å². The van der Waals surface area contributed by atoms with Crippen LogP contribution in [0.3, 0.4) is 0 Å². The van der Waals surface area contributed by atoms with Crippen LogP contribution in [0.15, 0.2) is 41.0 Å². The van der Waals surface area contributed by atoms with Crippen LogP contribution >= 0.6 is 15.9 Å². The maximum atomic E-state index is 13.5. The van der Waals surface area contributed by atoms with Gasteiger partial charge in [-0.25, -0.2) is 14.2 Å². The molecule has 0 bridgehead atoms. The third kappa shape index (κ3) is 2.50. The Kier molecular flexibility index (Phi) is 3.19. The lowest BCUT2D eigenvalue weighted by molar-refractivity contribution is 0.0690.